The van der Waals surface area contributed by atoms with Crippen LogP contribution in [0.25, 0.3) is 0 Å². The fourth-order valence-electron chi connectivity index (χ4n) is 5.37. The molecule has 1 aliphatic carbocycles. The van der Waals surface area contributed by atoms with Crippen molar-refractivity contribution in [1.29, 1.82) is 5.26 Å². The number of amides is 2. The lowest BCUT2D eigenvalue weighted by Gasteiger charge is -2.35. The van der Waals surface area contributed by atoms with Crippen LogP contribution in [0.3, 0.4) is 0 Å². The molecule has 0 N–H and O–H groups in total. The van der Waals surface area contributed by atoms with Gasteiger partial charge in [0.15, 0.2) is 0 Å². The monoisotopic (exact) mass is 420 g/mol. The highest BCUT2D eigenvalue weighted by molar-refractivity contribution is 6.23. The number of alkyl halides is 3. The lowest BCUT2D eigenvalue weighted by atomic mass is 9.67. The number of fused-ring (bicyclic) bond motifs is 5. The normalized spacial score (nSPS) is 37.6. The van der Waals surface area contributed by atoms with Crippen molar-refractivity contribution >= 4 is 17.5 Å². The van der Waals surface area contributed by atoms with E-state index in [2.05, 4.69) is 0 Å². The molecule has 2 bridgehead atoms. The minimum Gasteiger partial charge on any atom is -0.372 e. The van der Waals surface area contributed by atoms with Crippen molar-refractivity contribution in [3.05, 3.63) is 29.3 Å². The highest BCUT2D eigenvalue weighted by atomic mass is 19.4. The summed E-state index contributed by atoms with van der Waals surface area (Å²) in [5.74, 6) is -2.76. The zero-order chi connectivity index (χ0) is 21.6. The second kappa shape index (κ2) is 5.83. The molecule has 4 aliphatic rings. The Hall–Kier alpha value is -2.44. The van der Waals surface area contributed by atoms with Gasteiger partial charge in [0.05, 0.1) is 52.5 Å². The highest BCUT2D eigenvalue weighted by Crippen LogP contribution is 2.62. The van der Waals surface area contributed by atoms with E-state index in [0.717, 1.165) is 23.8 Å². The summed E-state index contributed by atoms with van der Waals surface area (Å²) in [5.41, 5.74) is -3.85. The van der Waals surface area contributed by atoms with Gasteiger partial charge in [-0.3, -0.25) is 9.59 Å². The van der Waals surface area contributed by atoms with Gasteiger partial charge in [0, 0.05) is 6.42 Å². The third-order valence-corrected chi connectivity index (χ3v) is 6.83. The van der Waals surface area contributed by atoms with Crippen molar-refractivity contribution in [2.45, 2.75) is 62.7 Å². The Bertz CT molecular complexity index is 1010. The number of anilines is 1. The molecule has 4 fully saturated rings. The molecule has 30 heavy (non-hydrogen) atoms. The van der Waals surface area contributed by atoms with Crippen molar-refractivity contribution in [2.24, 2.45) is 11.8 Å². The molecule has 158 valence electrons. The van der Waals surface area contributed by atoms with Gasteiger partial charge in [-0.15, -0.1) is 0 Å². The maximum absolute atomic E-state index is 13.4. The summed E-state index contributed by atoms with van der Waals surface area (Å²) in [6.07, 6.45) is -2.65. The molecule has 3 heterocycles. The second-order valence-electron chi connectivity index (χ2n) is 8.93. The molecule has 2 amide bonds. The Balaban J connectivity index is 1.54. The van der Waals surface area contributed by atoms with E-state index in [0.29, 0.717) is 12.5 Å². The van der Waals surface area contributed by atoms with Gasteiger partial charge in [0.1, 0.15) is 5.60 Å². The van der Waals surface area contributed by atoms with Gasteiger partial charge >= 0.3 is 6.18 Å². The number of ether oxygens (including phenoxy) is 2. The molecular formula is C21H19F3N2O4. The van der Waals surface area contributed by atoms with Gasteiger partial charge < -0.3 is 9.47 Å². The van der Waals surface area contributed by atoms with E-state index in [1.54, 1.807) is 13.8 Å². The van der Waals surface area contributed by atoms with Crippen molar-refractivity contribution in [1.82, 2.24) is 0 Å². The largest absolute Gasteiger partial charge is 0.417 e. The van der Waals surface area contributed by atoms with E-state index in [1.165, 1.54) is 12.1 Å². The van der Waals surface area contributed by atoms with Crippen LogP contribution in [-0.4, -0.2) is 35.2 Å². The Morgan fingerprint density at radius 1 is 1.20 bits per heavy atom. The molecule has 0 radical (unpaired) electrons. The van der Waals surface area contributed by atoms with Crippen LogP contribution < -0.4 is 4.90 Å². The predicted molar refractivity (Wildman–Crippen MR) is 96.0 cm³/mol. The molecule has 3 saturated heterocycles. The Kier molecular flexibility index (Phi) is 3.79. The van der Waals surface area contributed by atoms with E-state index < -0.39 is 52.2 Å². The molecule has 5 atom stereocenters. The SMILES string of the molecule is C[C@]12O[C@](C)(C[C@@H]1OC1CC1)[C@H]1C(=O)N(c3ccc(C#N)c(C(F)(F)F)c3)C(=O)[C@H]12. The van der Waals surface area contributed by atoms with Crippen LogP contribution in [0.4, 0.5) is 18.9 Å². The van der Waals surface area contributed by atoms with Crippen LogP contribution in [0, 0.1) is 23.2 Å². The Labute approximate surface area is 170 Å². The first-order valence-electron chi connectivity index (χ1n) is 9.84. The van der Waals surface area contributed by atoms with Crippen LogP contribution >= 0.6 is 0 Å². The van der Waals surface area contributed by atoms with Crippen molar-refractivity contribution < 1.29 is 32.2 Å². The van der Waals surface area contributed by atoms with E-state index >= 15 is 0 Å². The average molecular weight is 420 g/mol. The molecule has 0 spiro atoms. The highest BCUT2D eigenvalue weighted by Gasteiger charge is 2.76. The van der Waals surface area contributed by atoms with Crippen molar-refractivity contribution in [2.75, 3.05) is 4.90 Å². The quantitative estimate of drug-likeness (QED) is 0.702. The van der Waals surface area contributed by atoms with Gasteiger partial charge in [-0.05, 0) is 44.9 Å². The number of benzene rings is 1. The number of halogens is 3. The first-order chi connectivity index (χ1) is 14.0. The zero-order valence-electron chi connectivity index (χ0n) is 16.3. The molecule has 9 heteroatoms. The number of nitrogens with zero attached hydrogens (tertiary/aromatic N) is 2. The molecule has 1 aromatic rings. The number of hydrogen-bond acceptors (Lipinski definition) is 5. The summed E-state index contributed by atoms with van der Waals surface area (Å²) in [6.45, 7) is 3.52. The van der Waals surface area contributed by atoms with E-state index in [9.17, 15) is 22.8 Å². The predicted octanol–water partition coefficient (Wildman–Crippen LogP) is 3.18. The summed E-state index contributed by atoms with van der Waals surface area (Å²) in [4.78, 5) is 27.4. The molecule has 0 unspecified atom stereocenters. The number of imide groups is 1. The maximum Gasteiger partial charge on any atom is 0.417 e. The molecule has 1 saturated carbocycles. The molecule has 0 aromatic heterocycles. The van der Waals surface area contributed by atoms with Crippen LogP contribution in [0.1, 0.15) is 44.2 Å². The van der Waals surface area contributed by atoms with Crippen molar-refractivity contribution in [3.8, 4) is 6.07 Å². The first-order valence-corrected chi connectivity index (χ1v) is 9.84. The summed E-state index contributed by atoms with van der Waals surface area (Å²) >= 11 is 0. The number of carbonyl (C=O) groups excluding carboxylic acids is 2. The number of carbonyl (C=O) groups is 2. The standard InChI is InChI=1S/C21H19F3N2O4/c1-19-8-14(29-12-5-6-12)20(2,30-19)16-15(19)17(27)26(18(16)28)11-4-3-10(9-25)13(7-11)21(22,23)24/h3-4,7,12,14-16H,5-6,8H2,1-2H3/t14-,15+,16-,19+,20-/m0/s1. The summed E-state index contributed by atoms with van der Waals surface area (Å²) < 4.78 is 52.4. The second-order valence-corrected chi connectivity index (χ2v) is 8.93. The summed E-state index contributed by atoms with van der Waals surface area (Å²) in [7, 11) is 0. The summed E-state index contributed by atoms with van der Waals surface area (Å²) in [6, 6.07) is 4.39. The van der Waals surface area contributed by atoms with Gasteiger partial charge in [0.25, 0.3) is 0 Å². The van der Waals surface area contributed by atoms with Crippen LogP contribution in [-0.2, 0) is 25.2 Å². The van der Waals surface area contributed by atoms with Crippen LogP contribution in [0.2, 0.25) is 0 Å². The minimum atomic E-state index is -4.79. The van der Waals surface area contributed by atoms with E-state index in [1.807, 2.05) is 0 Å². The molecule has 5 rings (SSSR count). The fourth-order valence-corrected chi connectivity index (χ4v) is 5.37. The molecule has 6 nitrogen and oxygen atoms in total. The average Bonchev–Trinajstić information content (AvgIpc) is 3.31. The number of nitriles is 1. The van der Waals surface area contributed by atoms with Gasteiger partial charge in [0.2, 0.25) is 11.8 Å². The number of hydrogen-bond donors (Lipinski definition) is 0. The smallest absolute Gasteiger partial charge is 0.372 e. The molecule has 3 aliphatic heterocycles. The Morgan fingerprint density at radius 2 is 1.87 bits per heavy atom. The first kappa shape index (κ1) is 19.5. The fraction of sp³-hybridized carbons (Fsp3) is 0.571. The van der Waals surface area contributed by atoms with Gasteiger partial charge in [-0.25, -0.2) is 4.90 Å². The van der Waals surface area contributed by atoms with Gasteiger partial charge in [-0.1, -0.05) is 0 Å². The minimum absolute atomic E-state index is 0.132. The lowest BCUT2D eigenvalue weighted by Crippen LogP contribution is -2.50. The third kappa shape index (κ3) is 2.50. The molecular weight excluding hydrogens is 401 g/mol. The Morgan fingerprint density at radius 3 is 2.47 bits per heavy atom. The van der Waals surface area contributed by atoms with Crippen molar-refractivity contribution in [3.63, 3.8) is 0 Å². The lowest BCUT2D eigenvalue weighted by molar-refractivity contribution is -0.139. The third-order valence-electron chi connectivity index (χ3n) is 6.83. The van der Waals surface area contributed by atoms with Gasteiger partial charge in [-0.2, -0.15) is 18.4 Å². The number of rotatable bonds is 3. The topological polar surface area (TPSA) is 79.6 Å². The van der Waals surface area contributed by atoms with Crippen LogP contribution in [0.5, 0.6) is 0 Å². The van der Waals surface area contributed by atoms with Crippen LogP contribution in [0.15, 0.2) is 18.2 Å². The molecule has 1 aromatic carbocycles. The van der Waals surface area contributed by atoms with E-state index in [4.69, 9.17) is 14.7 Å². The zero-order valence-corrected chi connectivity index (χ0v) is 16.3. The summed E-state index contributed by atoms with van der Waals surface area (Å²) in [5, 5.41) is 9.00. The maximum atomic E-state index is 13.4. The van der Waals surface area contributed by atoms with E-state index in [-0.39, 0.29) is 17.9 Å².